The average molecular weight is 333 g/mol. The van der Waals surface area contributed by atoms with E-state index in [4.69, 9.17) is 17.3 Å². The molecule has 116 valence electrons. The fraction of sp³-hybridized carbons (Fsp3) is 0.375. The lowest BCUT2D eigenvalue weighted by Crippen LogP contribution is -2.31. The molecule has 3 rings (SSSR count). The molecule has 6 heteroatoms. The molecule has 0 amide bonds. The van der Waals surface area contributed by atoms with E-state index < -0.39 is 0 Å². The predicted octanol–water partition coefficient (Wildman–Crippen LogP) is 2.81. The van der Waals surface area contributed by atoms with Gasteiger partial charge in [-0.1, -0.05) is 6.07 Å². The fourth-order valence-corrected chi connectivity index (χ4v) is 4.27. The highest BCUT2D eigenvalue weighted by Gasteiger charge is 2.40. The number of hydrogen-bond donors (Lipinski definition) is 2. The number of aliphatic hydroxyl groups excluding tert-OH is 1. The second-order valence-electron chi connectivity index (χ2n) is 5.37. The van der Waals surface area contributed by atoms with Gasteiger partial charge in [0.15, 0.2) is 5.11 Å². The van der Waals surface area contributed by atoms with Crippen LogP contribution in [-0.4, -0.2) is 33.3 Å². The first-order valence-corrected chi connectivity index (χ1v) is 8.64. The molecule has 0 saturated carbocycles. The van der Waals surface area contributed by atoms with Crippen molar-refractivity contribution in [2.75, 3.05) is 13.2 Å². The van der Waals surface area contributed by atoms with Crippen molar-refractivity contribution in [1.29, 1.82) is 0 Å². The molecule has 1 saturated heterocycles. The van der Waals surface area contributed by atoms with Crippen LogP contribution < -0.4 is 5.32 Å². The van der Waals surface area contributed by atoms with E-state index in [1.807, 2.05) is 24.4 Å². The van der Waals surface area contributed by atoms with Crippen molar-refractivity contribution >= 4 is 28.7 Å². The number of hydrogen-bond acceptors (Lipinski definition) is 4. The van der Waals surface area contributed by atoms with E-state index in [0.717, 1.165) is 17.4 Å². The van der Waals surface area contributed by atoms with Gasteiger partial charge in [0, 0.05) is 24.2 Å². The molecule has 1 aliphatic heterocycles. The molecular formula is C16H19N3OS2. The number of pyridine rings is 1. The number of aryl methyl sites for hydroxylation is 1. The Morgan fingerprint density at radius 3 is 2.91 bits per heavy atom. The van der Waals surface area contributed by atoms with Crippen molar-refractivity contribution in [2.45, 2.75) is 25.4 Å². The molecule has 0 unspecified atom stereocenters. The molecule has 0 aromatic carbocycles. The van der Waals surface area contributed by atoms with Crippen LogP contribution in [0.2, 0.25) is 0 Å². The molecule has 0 bridgehead atoms. The molecule has 3 heterocycles. The number of aliphatic hydroxyl groups is 1. The van der Waals surface area contributed by atoms with Crippen LogP contribution in [0, 0.1) is 6.92 Å². The summed E-state index contributed by atoms with van der Waals surface area (Å²) in [6.07, 6.45) is 2.52. The standard InChI is InChI=1S/C16H19N3OS2/c1-11-6-10-22-15(11)14-13(12-5-2-3-7-17-12)18-16(21)19(14)8-4-9-20/h2-3,5-7,10,13-14,20H,4,8-9H2,1H3,(H,18,21)/t13-,14-/m1/s1. The molecule has 0 aliphatic carbocycles. The Bertz CT molecular complexity index is 644. The largest absolute Gasteiger partial charge is 0.396 e. The van der Waals surface area contributed by atoms with Gasteiger partial charge in [0.25, 0.3) is 0 Å². The minimum Gasteiger partial charge on any atom is -0.396 e. The van der Waals surface area contributed by atoms with Gasteiger partial charge in [-0.25, -0.2) is 0 Å². The van der Waals surface area contributed by atoms with Gasteiger partial charge >= 0.3 is 0 Å². The third-order valence-electron chi connectivity index (χ3n) is 3.93. The lowest BCUT2D eigenvalue weighted by atomic mass is 10.0. The second-order valence-corrected chi connectivity index (χ2v) is 6.70. The average Bonchev–Trinajstić information content (AvgIpc) is 3.09. The summed E-state index contributed by atoms with van der Waals surface area (Å²) in [7, 11) is 0. The summed E-state index contributed by atoms with van der Waals surface area (Å²) in [6, 6.07) is 8.28. The maximum atomic E-state index is 9.17. The number of rotatable bonds is 5. The summed E-state index contributed by atoms with van der Waals surface area (Å²) >= 11 is 7.29. The lowest BCUT2D eigenvalue weighted by molar-refractivity contribution is 0.248. The molecular weight excluding hydrogens is 314 g/mol. The topological polar surface area (TPSA) is 48.4 Å². The van der Waals surface area contributed by atoms with E-state index in [1.165, 1.54) is 10.4 Å². The van der Waals surface area contributed by atoms with Crippen LogP contribution >= 0.6 is 23.6 Å². The summed E-state index contributed by atoms with van der Waals surface area (Å²) in [6.45, 7) is 3.05. The molecule has 1 aliphatic rings. The van der Waals surface area contributed by atoms with Crippen molar-refractivity contribution in [1.82, 2.24) is 15.2 Å². The van der Waals surface area contributed by atoms with Crippen LogP contribution in [0.1, 0.15) is 34.6 Å². The SMILES string of the molecule is Cc1ccsc1[C@H]1[C@@H](c2ccccn2)NC(=S)N1CCCO. The van der Waals surface area contributed by atoms with E-state index in [1.54, 1.807) is 11.3 Å². The zero-order chi connectivity index (χ0) is 15.5. The Kier molecular flexibility index (Phi) is 4.71. The van der Waals surface area contributed by atoms with Crippen molar-refractivity contribution in [3.8, 4) is 0 Å². The lowest BCUT2D eigenvalue weighted by Gasteiger charge is -2.27. The summed E-state index contributed by atoms with van der Waals surface area (Å²) < 4.78 is 0. The number of nitrogens with zero attached hydrogens (tertiary/aromatic N) is 2. The summed E-state index contributed by atoms with van der Waals surface area (Å²) in [5.41, 5.74) is 2.27. The van der Waals surface area contributed by atoms with Crippen LogP contribution in [0.3, 0.4) is 0 Å². The number of aromatic nitrogens is 1. The molecule has 2 N–H and O–H groups in total. The Hall–Kier alpha value is -1.50. The predicted molar refractivity (Wildman–Crippen MR) is 92.9 cm³/mol. The number of thiocarbonyl (C=S) groups is 1. The van der Waals surface area contributed by atoms with Gasteiger partial charge in [-0.3, -0.25) is 4.98 Å². The quantitative estimate of drug-likeness (QED) is 0.824. The zero-order valence-corrected chi connectivity index (χ0v) is 14.0. The molecule has 0 spiro atoms. The third-order valence-corrected chi connectivity index (χ3v) is 5.37. The first-order valence-electron chi connectivity index (χ1n) is 7.35. The van der Waals surface area contributed by atoms with Gasteiger partial charge in [-0.15, -0.1) is 11.3 Å². The van der Waals surface area contributed by atoms with Crippen molar-refractivity contribution in [3.63, 3.8) is 0 Å². The second kappa shape index (κ2) is 6.73. The highest BCUT2D eigenvalue weighted by molar-refractivity contribution is 7.80. The van der Waals surface area contributed by atoms with Crippen LogP contribution in [0.15, 0.2) is 35.8 Å². The third kappa shape index (κ3) is 2.86. The highest BCUT2D eigenvalue weighted by Crippen LogP contribution is 2.41. The van der Waals surface area contributed by atoms with Crippen molar-refractivity contribution in [3.05, 3.63) is 52.0 Å². The first kappa shape index (κ1) is 15.4. The first-order chi connectivity index (χ1) is 10.7. The summed E-state index contributed by atoms with van der Waals surface area (Å²) in [4.78, 5) is 8.00. The molecule has 1 fully saturated rings. The van der Waals surface area contributed by atoms with Crippen molar-refractivity contribution < 1.29 is 5.11 Å². The molecule has 0 radical (unpaired) electrons. The normalized spacial score (nSPS) is 21.2. The fourth-order valence-electron chi connectivity index (χ4n) is 2.86. The maximum absolute atomic E-state index is 9.17. The van der Waals surface area contributed by atoms with Gasteiger partial charge in [0.1, 0.15) is 0 Å². The van der Waals surface area contributed by atoms with E-state index in [0.29, 0.717) is 6.42 Å². The van der Waals surface area contributed by atoms with Gasteiger partial charge in [0.05, 0.1) is 17.8 Å². The molecule has 22 heavy (non-hydrogen) atoms. The minimum atomic E-state index is 0.0461. The molecule has 2 aromatic heterocycles. The van der Waals surface area contributed by atoms with Gasteiger partial charge < -0.3 is 15.3 Å². The molecule has 4 nitrogen and oxygen atoms in total. The minimum absolute atomic E-state index is 0.0461. The highest BCUT2D eigenvalue weighted by atomic mass is 32.1. The molecule has 2 aromatic rings. The van der Waals surface area contributed by atoms with Gasteiger partial charge in [-0.05, 0) is 54.7 Å². The number of nitrogens with one attached hydrogen (secondary N) is 1. The van der Waals surface area contributed by atoms with E-state index in [-0.39, 0.29) is 18.7 Å². The van der Waals surface area contributed by atoms with E-state index in [9.17, 15) is 0 Å². The Balaban J connectivity index is 1.99. The molecule has 2 atom stereocenters. The van der Waals surface area contributed by atoms with E-state index >= 15 is 0 Å². The van der Waals surface area contributed by atoms with Gasteiger partial charge in [-0.2, -0.15) is 0 Å². The van der Waals surface area contributed by atoms with Crippen LogP contribution in [0.4, 0.5) is 0 Å². The Morgan fingerprint density at radius 2 is 2.27 bits per heavy atom. The summed E-state index contributed by atoms with van der Waals surface area (Å²) in [5.74, 6) is 0. The van der Waals surface area contributed by atoms with Gasteiger partial charge in [0.2, 0.25) is 0 Å². The number of thiophene rings is 1. The smallest absolute Gasteiger partial charge is 0.170 e. The summed E-state index contributed by atoms with van der Waals surface area (Å²) in [5, 5.41) is 15.4. The maximum Gasteiger partial charge on any atom is 0.170 e. The monoisotopic (exact) mass is 333 g/mol. The Labute approximate surface area is 139 Å². The van der Waals surface area contributed by atoms with E-state index in [2.05, 4.69) is 33.6 Å². The van der Waals surface area contributed by atoms with Crippen LogP contribution in [0.5, 0.6) is 0 Å². The van der Waals surface area contributed by atoms with Crippen LogP contribution in [-0.2, 0) is 0 Å². The Morgan fingerprint density at radius 1 is 1.41 bits per heavy atom. The van der Waals surface area contributed by atoms with Crippen LogP contribution in [0.25, 0.3) is 0 Å². The zero-order valence-electron chi connectivity index (χ0n) is 12.4. The van der Waals surface area contributed by atoms with Crippen molar-refractivity contribution in [2.24, 2.45) is 0 Å².